The Kier molecular flexibility index (Phi) is 4.72. The predicted octanol–water partition coefficient (Wildman–Crippen LogP) is 3.68. The van der Waals surface area contributed by atoms with Gasteiger partial charge in [-0.25, -0.2) is 0 Å². The second-order valence-electron chi connectivity index (χ2n) is 5.37. The van der Waals surface area contributed by atoms with E-state index in [-0.39, 0.29) is 0 Å². The Balaban J connectivity index is 1.87. The second-order valence-corrected chi connectivity index (χ2v) is 5.37. The Morgan fingerprint density at radius 3 is 2.20 bits per heavy atom. The molecule has 0 aliphatic heterocycles. The average molecular weight is 272 g/mol. The summed E-state index contributed by atoms with van der Waals surface area (Å²) < 4.78 is 7.34. The van der Waals surface area contributed by atoms with E-state index >= 15 is 0 Å². The van der Waals surface area contributed by atoms with Gasteiger partial charge in [0, 0.05) is 17.4 Å². The number of aryl methyl sites for hydroxylation is 3. The number of ether oxygens (including phenoxy) is 1. The normalized spacial score (nSPS) is 12.2. The third-order valence-corrected chi connectivity index (χ3v) is 3.65. The highest BCUT2D eigenvalue weighted by molar-refractivity contribution is 5.27. The Bertz CT molecular complexity index is 523. The van der Waals surface area contributed by atoms with Gasteiger partial charge in [0.2, 0.25) is 0 Å². The van der Waals surface area contributed by atoms with Crippen LogP contribution in [-0.2, 0) is 6.42 Å². The first-order chi connectivity index (χ1) is 9.60. The molecule has 0 aliphatic carbocycles. The number of rotatable bonds is 6. The zero-order valence-corrected chi connectivity index (χ0v) is 12.8. The van der Waals surface area contributed by atoms with Crippen LogP contribution < -0.4 is 10.2 Å². The van der Waals surface area contributed by atoms with Gasteiger partial charge in [-0.1, -0.05) is 12.1 Å². The van der Waals surface area contributed by atoms with Crippen LogP contribution in [0.4, 0.5) is 0 Å². The molecule has 0 saturated carbocycles. The summed E-state index contributed by atoms with van der Waals surface area (Å²) in [6.07, 6.45) is 2.17. The first kappa shape index (κ1) is 14.5. The summed E-state index contributed by atoms with van der Waals surface area (Å²) in [5.74, 6) is 0.915. The maximum Gasteiger partial charge on any atom is 0.118 e. The van der Waals surface area contributed by atoms with Gasteiger partial charge in [-0.15, -0.1) is 0 Å². The molecule has 3 nitrogen and oxygen atoms in total. The molecular formula is C17H24N2O. The Morgan fingerprint density at radius 1 is 1.05 bits per heavy atom. The molecule has 1 heterocycles. The molecule has 2 rings (SSSR count). The van der Waals surface area contributed by atoms with Gasteiger partial charge in [0.15, 0.2) is 0 Å². The highest BCUT2D eigenvalue weighted by Gasteiger charge is 2.06. The molecule has 0 spiro atoms. The van der Waals surface area contributed by atoms with Crippen molar-refractivity contribution in [3.63, 3.8) is 0 Å². The summed E-state index contributed by atoms with van der Waals surface area (Å²) in [5, 5.41) is 0. The van der Waals surface area contributed by atoms with Crippen LogP contribution >= 0.6 is 0 Å². The van der Waals surface area contributed by atoms with Crippen molar-refractivity contribution in [3.05, 3.63) is 53.3 Å². The lowest BCUT2D eigenvalue weighted by molar-refractivity contribution is 0.414. The van der Waals surface area contributed by atoms with Crippen molar-refractivity contribution in [1.82, 2.24) is 4.68 Å². The molecule has 20 heavy (non-hydrogen) atoms. The minimum Gasteiger partial charge on any atom is -0.497 e. The molecule has 0 radical (unpaired) electrons. The zero-order valence-electron chi connectivity index (χ0n) is 12.8. The quantitative estimate of drug-likeness (QED) is 0.868. The van der Waals surface area contributed by atoms with Crippen LogP contribution in [0.5, 0.6) is 5.75 Å². The van der Waals surface area contributed by atoms with E-state index < -0.39 is 0 Å². The molecule has 0 fully saturated rings. The summed E-state index contributed by atoms with van der Waals surface area (Å²) >= 11 is 0. The number of nitrogens with zero attached hydrogens (tertiary/aromatic N) is 1. The van der Waals surface area contributed by atoms with Gasteiger partial charge in [-0.3, -0.25) is 4.68 Å². The molecule has 0 saturated heterocycles. The van der Waals surface area contributed by atoms with E-state index in [1.807, 2.05) is 12.1 Å². The molecule has 2 aromatic rings. The van der Waals surface area contributed by atoms with Gasteiger partial charge < -0.3 is 10.2 Å². The summed E-state index contributed by atoms with van der Waals surface area (Å²) in [6.45, 7) is 6.47. The van der Waals surface area contributed by atoms with Crippen LogP contribution in [0.25, 0.3) is 0 Å². The molecular weight excluding hydrogens is 248 g/mol. The highest BCUT2D eigenvalue weighted by Crippen LogP contribution is 2.14. The SMILES string of the molecule is COc1ccc(CCC(C)Nn2c(C)ccc2C)cc1. The predicted molar refractivity (Wildman–Crippen MR) is 84.0 cm³/mol. The molecule has 0 amide bonds. The van der Waals surface area contributed by atoms with Crippen LogP contribution in [0, 0.1) is 13.8 Å². The average Bonchev–Trinajstić information content (AvgIpc) is 2.77. The minimum absolute atomic E-state index is 0.432. The Labute approximate surface area is 121 Å². The largest absolute Gasteiger partial charge is 0.497 e. The monoisotopic (exact) mass is 272 g/mol. The highest BCUT2D eigenvalue weighted by atomic mass is 16.5. The van der Waals surface area contributed by atoms with Crippen molar-refractivity contribution in [3.8, 4) is 5.75 Å². The van der Waals surface area contributed by atoms with Crippen molar-refractivity contribution < 1.29 is 4.74 Å². The molecule has 1 unspecified atom stereocenters. The summed E-state index contributed by atoms with van der Waals surface area (Å²) in [5.41, 5.74) is 7.39. The van der Waals surface area contributed by atoms with Crippen molar-refractivity contribution in [2.45, 2.75) is 39.7 Å². The maximum absolute atomic E-state index is 5.18. The van der Waals surface area contributed by atoms with Crippen molar-refractivity contribution >= 4 is 0 Å². The van der Waals surface area contributed by atoms with E-state index in [0.29, 0.717) is 6.04 Å². The molecule has 1 aromatic heterocycles. The fraction of sp³-hybridized carbons (Fsp3) is 0.412. The van der Waals surface area contributed by atoms with Crippen molar-refractivity contribution in [2.75, 3.05) is 12.5 Å². The van der Waals surface area contributed by atoms with Crippen molar-refractivity contribution in [1.29, 1.82) is 0 Å². The lowest BCUT2D eigenvalue weighted by Gasteiger charge is -2.19. The maximum atomic E-state index is 5.18. The van der Waals surface area contributed by atoms with Crippen LogP contribution in [-0.4, -0.2) is 17.8 Å². The van der Waals surface area contributed by atoms with Gasteiger partial charge in [0.05, 0.1) is 7.11 Å². The third-order valence-electron chi connectivity index (χ3n) is 3.65. The fourth-order valence-electron chi connectivity index (χ4n) is 2.33. The van der Waals surface area contributed by atoms with Gasteiger partial charge >= 0.3 is 0 Å². The number of hydrogen-bond acceptors (Lipinski definition) is 2. The van der Waals surface area contributed by atoms with Crippen LogP contribution in [0.1, 0.15) is 30.3 Å². The van der Waals surface area contributed by atoms with E-state index in [9.17, 15) is 0 Å². The summed E-state index contributed by atoms with van der Waals surface area (Å²) in [6, 6.07) is 13.0. The Morgan fingerprint density at radius 2 is 1.65 bits per heavy atom. The smallest absolute Gasteiger partial charge is 0.118 e. The first-order valence-electron chi connectivity index (χ1n) is 7.14. The second kappa shape index (κ2) is 6.51. The number of nitrogens with one attached hydrogen (secondary N) is 1. The number of aromatic nitrogens is 1. The standard InChI is InChI=1S/C17H24N2O/c1-13(18-19-14(2)6-7-15(19)3)5-8-16-9-11-17(20-4)12-10-16/h6-7,9-13,18H,5,8H2,1-4H3. The van der Waals surface area contributed by atoms with Gasteiger partial charge in [0.25, 0.3) is 0 Å². The van der Waals surface area contributed by atoms with E-state index in [2.05, 4.69) is 55.1 Å². The molecule has 0 aliphatic rings. The summed E-state index contributed by atoms with van der Waals surface area (Å²) in [4.78, 5) is 0. The molecule has 1 aromatic carbocycles. The number of methoxy groups -OCH3 is 1. The lowest BCUT2D eigenvalue weighted by atomic mass is 10.1. The molecule has 1 N–H and O–H groups in total. The summed E-state index contributed by atoms with van der Waals surface area (Å²) in [7, 11) is 1.70. The minimum atomic E-state index is 0.432. The Hall–Kier alpha value is -1.90. The van der Waals surface area contributed by atoms with Crippen LogP contribution in [0.3, 0.4) is 0 Å². The van der Waals surface area contributed by atoms with Crippen LogP contribution in [0.2, 0.25) is 0 Å². The van der Waals surface area contributed by atoms with E-state index in [1.165, 1.54) is 17.0 Å². The van der Waals surface area contributed by atoms with Crippen LogP contribution in [0.15, 0.2) is 36.4 Å². The molecule has 3 heteroatoms. The molecule has 108 valence electrons. The third kappa shape index (κ3) is 3.56. The van der Waals surface area contributed by atoms with E-state index in [1.54, 1.807) is 7.11 Å². The van der Waals surface area contributed by atoms with Gasteiger partial charge in [0.1, 0.15) is 5.75 Å². The topological polar surface area (TPSA) is 26.2 Å². The lowest BCUT2D eigenvalue weighted by Crippen LogP contribution is -2.27. The first-order valence-corrected chi connectivity index (χ1v) is 7.14. The fourth-order valence-corrected chi connectivity index (χ4v) is 2.33. The number of benzene rings is 1. The van der Waals surface area contributed by atoms with E-state index in [0.717, 1.165) is 18.6 Å². The molecule has 1 atom stereocenters. The van der Waals surface area contributed by atoms with E-state index in [4.69, 9.17) is 4.74 Å². The molecule has 0 bridgehead atoms. The van der Waals surface area contributed by atoms with Crippen molar-refractivity contribution in [2.24, 2.45) is 0 Å². The zero-order chi connectivity index (χ0) is 14.5. The van der Waals surface area contributed by atoms with Gasteiger partial charge in [-0.05, 0) is 63.4 Å². The number of hydrogen-bond donors (Lipinski definition) is 1. The van der Waals surface area contributed by atoms with Gasteiger partial charge in [-0.2, -0.15) is 0 Å².